The lowest BCUT2D eigenvalue weighted by molar-refractivity contribution is -0.117. The summed E-state index contributed by atoms with van der Waals surface area (Å²) in [6, 6.07) is 8.55. The molecule has 0 radical (unpaired) electrons. The summed E-state index contributed by atoms with van der Waals surface area (Å²) in [6.07, 6.45) is 6.98. The van der Waals surface area contributed by atoms with Gasteiger partial charge in [0.2, 0.25) is 5.91 Å². The number of nitrogens with one attached hydrogen (secondary N) is 2. The largest absolute Gasteiger partial charge is 0.364 e. The van der Waals surface area contributed by atoms with Crippen LogP contribution in [0.25, 0.3) is 0 Å². The molecule has 4 rings (SSSR count). The number of piperidine rings is 1. The SMILES string of the molecule is C=CC(=O)NC1CC[C@@H](N(C)c2cnc(C(N)=O)c(Nc3ccc(C4CCN(C)CC4)cc3)n2)[C@H]1C. The maximum atomic E-state index is 12.1. The zero-order valence-electron chi connectivity index (χ0n) is 21.4. The summed E-state index contributed by atoms with van der Waals surface area (Å²) in [5, 5.41) is 6.27. The average molecular weight is 492 g/mol. The van der Waals surface area contributed by atoms with Crippen LogP contribution in [0.3, 0.4) is 0 Å². The molecule has 1 saturated carbocycles. The number of rotatable bonds is 8. The summed E-state index contributed by atoms with van der Waals surface area (Å²) in [7, 11) is 4.13. The molecular weight excluding hydrogens is 454 g/mol. The first kappa shape index (κ1) is 25.6. The lowest BCUT2D eigenvalue weighted by Crippen LogP contribution is -2.42. The highest BCUT2D eigenvalue weighted by atomic mass is 16.2. The number of carbonyl (C=O) groups excluding carboxylic acids is 2. The molecule has 0 spiro atoms. The summed E-state index contributed by atoms with van der Waals surface area (Å²) in [5.41, 5.74) is 7.86. The van der Waals surface area contributed by atoms with Crippen LogP contribution >= 0.6 is 0 Å². The Bertz CT molecular complexity index is 1100. The molecule has 2 aliphatic rings. The van der Waals surface area contributed by atoms with E-state index in [0.29, 0.717) is 17.6 Å². The van der Waals surface area contributed by atoms with Gasteiger partial charge in [-0.2, -0.15) is 0 Å². The number of amides is 2. The third-order valence-corrected chi connectivity index (χ3v) is 7.74. The molecule has 36 heavy (non-hydrogen) atoms. The van der Waals surface area contributed by atoms with Crippen LogP contribution in [0.2, 0.25) is 0 Å². The maximum Gasteiger partial charge on any atom is 0.271 e. The van der Waals surface area contributed by atoms with Crippen LogP contribution in [-0.4, -0.2) is 66.0 Å². The molecule has 192 valence electrons. The third-order valence-electron chi connectivity index (χ3n) is 7.74. The molecule has 9 nitrogen and oxygen atoms in total. The minimum absolute atomic E-state index is 0.0708. The fourth-order valence-electron chi connectivity index (χ4n) is 5.44. The monoisotopic (exact) mass is 491 g/mol. The Morgan fingerprint density at radius 2 is 1.86 bits per heavy atom. The molecular formula is C27H37N7O2. The van der Waals surface area contributed by atoms with Crippen molar-refractivity contribution in [1.82, 2.24) is 20.2 Å². The second kappa shape index (κ2) is 11.1. The van der Waals surface area contributed by atoms with Crippen molar-refractivity contribution in [3.05, 3.63) is 54.4 Å². The number of nitrogens with two attached hydrogens (primary N) is 1. The van der Waals surface area contributed by atoms with Crippen LogP contribution in [-0.2, 0) is 4.79 Å². The predicted octanol–water partition coefficient (Wildman–Crippen LogP) is 3.03. The molecule has 4 N–H and O–H groups in total. The molecule has 2 heterocycles. The van der Waals surface area contributed by atoms with E-state index in [2.05, 4.69) is 58.1 Å². The van der Waals surface area contributed by atoms with E-state index in [1.807, 2.05) is 19.2 Å². The highest BCUT2D eigenvalue weighted by Crippen LogP contribution is 2.33. The molecule has 2 aromatic rings. The Hall–Kier alpha value is -3.46. The Morgan fingerprint density at radius 1 is 1.17 bits per heavy atom. The van der Waals surface area contributed by atoms with Crippen molar-refractivity contribution in [3.8, 4) is 0 Å². The topological polar surface area (TPSA) is 116 Å². The predicted molar refractivity (Wildman–Crippen MR) is 142 cm³/mol. The van der Waals surface area contributed by atoms with Crippen LogP contribution in [0, 0.1) is 5.92 Å². The smallest absolute Gasteiger partial charge is 0.271 e. The number of anilines is 3. The van der Waals surface area contributed by atoms with E-state index < -0.39 is 5.91 Å². The van der Waals surface area contributed by atoms with Crippen molar-refractivity contribution in [1.29, 1.82) is 0 Å². The van der Waals surface area contributed by atoms with Gasteiger partial charge >= 0.3 is 0 Å². The van der Waals surface area contributed by atoms with E-state index in [1.54, 1.807) is 6.20 Å². The second-order valence-electron chi connectivity index (χ2n) is 10.0. The zero-order chi connectivity index (χ0) is 25.8. The average Bonchev–Trinajstić information content (AvgIpc) is 3.24. The van der Waals surface area contributed by atoms with Crippen molar-refractivity contribution < 1.29 is 9.59 Å². The number of hydrogen-bond donors (Lipinski definition) is 3. The Labute approximate surface area is 213 Å². The molecule has 1 aliphatic carbocycles. The van der Waals surface area contributed by atoms with Crippen molar-refractivity contribution in [3.63, 3.8) is 0 Å². The van der Waals surface area contributed by atoms with Crippen molar-refractivity contribution >= 4 is 29.1 Å². The lowest BCUT2D eigenvalue weighted by Gasteiger charge is -2.31. The molecule has 3 atom stereocenters. The minimum atomic E-state index is -0.636. The fourth-order valence-corrected chi connectivity index (χ4v) is 5.44. The van der Waals surface area contributed by atoms with Gasteiger partial charge in [-0.05, 0) is 81.4 Å². The van der Waals surface area contributed by atoms with Gasteiger partial charge in [0.25, 0.3) is 5.91 Å². The standard InChI is InChI=1S/C27H37N7O2/c1-5-24(35)31-21-10-11-22(17(21)2)34(4)23-16-29-25(26(28)36)27(32-23)30-20-8-6-18(7-9-20)19-12-14-33(3)15-13-19/h5-9,16-17,19,21-22H,1,10-15H2,2-4H3,(H2,28,36)(H,30,32)(H,31,35)/t17-,21?,22+/m0/s1. The summed E-state index contributed by atoms with van der Waals surface area (Å²) in [6.45, 7) is 7.89. The quantitative estimate of drug-likeness (QED) is 0.486. The third kappa shape index (κ3) is 5.67. The first-order chi connectivity index (χ1) is 17.3. The summed E-state index contributed by atoms with van der Waals surface area (Å²) in [5.74, 6) is 0.957. The van der Waals surface area contributed by atoms with E-state index in [1.165, 1.54) is 11.6 Å². The number of carbonyl (C=O) groups is 2. The van der Waals surface area contributed by atoms with Crippen LogP contribution < -0.4 is 21.3 Å². The first-order valence-electron chi connectivity index (χ1n) is 12.6. The second-order valence-corrected chi connectivity index (χ2v) is 10.0. The maximum absolute atomic E-state index is 12.1. The van der Waals surface area contributed by atoms with Crippen LogP contribution in [0.4, 0.5) is 17.3 Å². The van der Waals surface area contributed by atoms with Gasteiger partial charge in [-0.15, -0.1) is 0 Å². The van der Waals surface area contributed by atoms with Crippen LogP contribution in [0.5, 0.6) is 0 Å². The van der Waals surface area contributed by atoms with Gasteiger partial charge in [0.15, 0.2) is 11.5 Å². The number of primary amides is 1. The zero-order valence-corrected chi connectivity index (χ0v) is 21.4. The van der Waals surface area contributed by atoms with Crippen LogP contribution in [0.15, 0.2) is 43.1 Å². The molecule has 1 saturated heterocycles. The molecule has 1 unspecified atom stereocenters. The number of hydrogen-bond acceptors (Lipinski definition) is 7. The van der Waals surface area contributed by atoms with Gasteiger partial charge in [-0.25, -0.2) is 9.97 Å². The highest BCUT2D eigenvalue weighted by molar-refractivity contribution is 5.96. The summed E-state index contributed by atoms with van der Waals surface area (Å²) < 4.78 is 0. The van der Waals surface area contributed by atoms with E-state index >= 15 is 0 Å². The molecule has 2 amide bonds. The number of likely N-dealkylation sites (tertiary alicyclic amines) is 1. The highest BCUT2D eigenvalue weighted by Gasteiger charge is 2.36. The number of benzene rings is 1. The van der Waals surface area contributed by atoms with Gasteiger partial charge in [0, 0.05) is 24.8 Å². The molecule has 1 aromatic carbocycles. The Balaban J connectivity index is 1.50. The van der Waals surface area contributed by atoms with Gasteiger partial charge < -0.3 is 26.2 Å². The Morgan fingerprint density at radius 3 is 2.50 bits per heavy atom. The Kier molecular flexibility index (Phi) is 7.88. The fraction of sp³-hybridized carbons (Fsp3) is 0.481. The minimum Gasteiger partial charge on any atom is -0.364 e. The number of aromatic nitrogens is 2. The van der Waals surface area contributed by atoms with E-state index in [9.17, 15) is 9.59 Å². The van der Waals surface area contributed by atoms with Gasteiger partial charge in [0.1, 0.15) is 5.82 Å². The summed E-state index contributed by atoms with van der Waals surface area (Å²) >= 11 is 0. The normalized spacial score (nSPS) is 22.7. The number of nitrogens with zero attached hydrogens (tertiary/aromatic N) is 4. The van der Waals surface area contributed by atoms with Gasteiger partial charge in [-0.3, -0.25) is 9.59 Å². The van der Waals surface area contributed by atoms with E-state index in [4.69, 9.17) is 10.7 Å². The first-order valence-corrected chi connectivity index (χ1v) is 12.6. The van der Waals surface area contributed by atoms with Gasteiger partial charge in [0.05, 0.1) is 6.20 Å². The van der Waals surface area contributed by atoms with E-state index in [0.717, 1.165) is 44.5 Å². The molecule has 1 aliphatic heterocycles. The lowest BCUT2D eigenvalue weighted by atomic mass is 9.89. The van der Waals surface area contributed by atoms with Crippen molar-refractivity contribution in [2.24, 2.45) is 11.7 Å². The van der Waals surface area contributed by atoms with Crippen molar-refractivity contribution in [2.75, 3.05) is 37.4 Å². The van der Waals surface area contributed by atoms with Gasteiger partial charge in [-0.1, -0.05) is 25.6 Å². The molecule has 2 fully saturated rings. The van der Waals surface area contributed by atoms with Crippen LogP contribution in [0.1, 0.15) is 54.6 Å². The molecule has 9 heteroatoms. The van der Waals surface area contributed by atoms with E-state index in [-0.39, 0.29) is 29.6 Å². The van der Waals surface area contributed by atoms with Crippen molar-refractivity contribution in [2.45, 2.75) is 50.6 Å². The molecule has 1 aromatic heterocycles. The molecule has 0 bridgehead atoms. The summed E-state index contributed by atoms with van der Waals surface area (Å²) in [4.78, 5) is 37.4.